The van der Waals surface area contributed by atoms with Gasteiger partial charge >= 0.3 is 6.09 Å². The summed E-state index contributed by atoms with van der Waals surface area (Å²) in [5.74, 6) is 0.921. The van der Waals surface area contributed by atoms with Gasteiger partial charge in [-0.25, -0.2) is 14.8 Å². The van der Waals surface area contributed by atoms with E-state index in [1.165, 1.54) is 6.42 Å². The molecule has 0 bridgehead atoms. The normalized spacial score (nSPS) is 17.9. The Morgan fingerprint density at radius 2 is 1.84 bits per heavy atom. The Hall–Kier alpha value is -2.64. The molecule has 1 N–H and O–H groups in total. The van der Waals surface area contributed by atoms with Crippen LogP contribution in [-0.2, 0) is 17.7 Å². The minimum atomic E-state index is -0.505. The van der Waals surface area contributed by atoms with Gasteiger partial charge in [-0.2, -0.15) is 0 Å². The summed E-state index contributed by atoms with van der Waals surface area (Å²) in [6, 6.07) is 1.86. The van der Waals surface area contributed by atoms with Crippen LogP contribution in [0.5, 0.6) is 0 Å². The minimum absolute atomic E-state index is 0.0233. The van der Waals surface area contributed by atoms with Crippen molar-refractivity contribution >= 4 is 23.2 Å². The highest BCUT2D eigenvalue weighted by Crippen LogP contribution is 2.24. The van der Waals surface area contributed by atoms with E-state index in [4.69, 9.17) is 14.7 Å². The SMILES string of the molecule is Cc1cc(C(=O)NC2CCN(C(=O)OC(C)(C)C)CC2)c2nc3n(c2n1)CCCCC3. The van der Waals surface area contributed by atoms with Crippen molar-refractivity contribution in [3.63, 3.8) is 0 Å². The third-order valence-corrected chi connectivity index (χ3v) is 5.92. The Morgan fingerprint density at radius 3 is 2.55 bits per heavy atom. The van der Waals surface area contributed by atoms with E-state index in [9.17, 15) is 9.59 Å². The fourth-order valence-corrected chi connectivity index (χ4v) is 4.38. The van der Waals surface area contributed by atoms with Crippen LogP contribution in [0.3, 0.4) is 0 Å². The van der Waals surface area contributed by atoms with Crippen molar-refractivity contribution in [2.75, 3.05) is 13.1 Å². The molecule has 8 heteroatoms. The zero-order valence-electron chi connectivity index (χ0n) is 19.0. The second-order valence-electron chi connectivity index (χ2n) is 9.69. The lowest BCUT2D eigenvalue weighted by Gasteiger charge is -2.33. The number of nitrogens with zero attached hydrogens (tertiary/aromatic N) is 4. The Morgan fingerprint density at radius 1 is 1.10 bits per heavy atom. The number of hydrogen-bond acceptors (Lipinski definition) is 5. The quantitative estimate of drug-likeness (QED) is 0.791. The highest BCUT2D eigenvalue weighted by atomic mass is 16.6. The van der Waals surface area contributed by atoms with Crippen molar-refractivity contribution in [2.24, 2.45) is 0 Å². The van der Waals surface area contributed by atoms with Gasteiger partial charge in [0.1, 0.15) is 16.9 Å². The van der Waals surface area contributed by atoms with Gasteiger partial charge in [-0.15, -0.1) is 0 Å². The predicted molar refractivity (Wildman–Crippen MR) is 118 cm³/mol. The molecule has 0 aromatic carbocycles. The van der Waals surface area contributed by atoms with E-state index in [1.807, 2.05) is 33.8 Å². The van der Waals surface area contributed by atoms with Crippen LogP contribution in [0.15, 0.2) is 6.07 Å². The molecular formula is C23H33N5O3. The molecule has 2 aliphatic rings. The minimum Gasteiger partial charge on any atom is -0.444 e. The zero-order valence-corrected chi connectivity index (χ0v) is 19.0. The molecule has 31 heavy (non-hydrogen) atoms. The summed E-state index contributed by atoms with van der Waals surface area (Å²) in [7, 11) is 0. The first-order chi connectivity index (χ1) is 14.7. The molecule has 4 rings (SSSR count). The van der Waals surface area contributed by atoms with Crippen molar-refractivity contribution in [1.29, 1.82) is 0 Å². The molecule has 2 aromatic heterocycles. The molecular weight excluding hydrogens is 394 g/mol. The Bertz CT molecular complexity index is 983. The molecule has 8 nitrogen and oxygen atoms in total. The smallest absolute Gasteiger partial charge is 0.410 e. The average Bonchev–Trinajstić information content (AvgIpc) is 2.88. The van der Waals surface area contributed by atoms with Crippen LogP contribution < -0.4 is 5.32 Å². The Labute approximate surface area is 183 Å². The number of aromatic nitrogens is 3. The van der Waals surface area contributed by atoms with Gasteiger partial charge < -0.3 is 19.5 Å². The number of hydrogen-bond donors (Lipinski definition) is 1. The van der Waals surface area contributed by atoms with E-state index in [0.29, 0.717) is 37.0 Å². The number of carbonyl (C=O) groups is 2. The zero-order chi connectivity index (χ0) is 22.2. The second-order valence-corrected chi connectivity index (χ2v) is 9.69. The number of pyridine rings is 1. The topological polar surface area (TPSA) is 89.4 Å². The molecule has 0 spiro atoms. The van der Waals surface area contributed by atoms with Crippen LogP contribution in [-0.4, -0.2) is 56.2 Å². The number of aryl methyl sites for hydroxylation is 3. The van der Waals surface area contributed by atoms with Crippen LogP contribution in [0.4, 0.5) is 4.79 Å². The van der Waals surface area contributed by atoms with Crippen molar-refractivity contribution in [1.82, 2.24) is 24.8 Å². The van der Waals surface area contributed by atoms with Crippen LogP contribution in [0.25, 0.3) is 11.2 Å². The first-order valence-electron chi connectivity index (χ1n) is 11.4. The van der Waals surface area contributed by atoms with Gasteiger partial charge in [0.05, 0.1) is 5.56 Å². The van der Waals surface area contributed by atoms with E-state index < -0.39 is 5.60 Å². The van der Waals surface area contributed by atoms with Crippen molar-refractivity contribution in [3.05, 3.63) is 23.1 Å². The molecule has 2 amide bonds. The summed E-state index contributed by atoms with van der Waals surface area (Å²) in [6.07, 6.45) is 5.50. The largest absolute Gasteiger partial charge is 0.444 e. The van der Waals surface area contributed by atoms with Gasteiger partial charge in [-0.3, -0.25) is 4.79 Å². The average molecular weight is 428 g/mol. The lowest BCUT2D eigenvalue weighted by molar-refractivity contribution is 0.0199. The van der Waals surface area contributed by atoms with Gasteiger partial charge in [0, 0.05) is 37.8 Å². The van der Waals surface area contributed by atoms with Crippen molar-refractivity contribution in [3.8, 4) is 0 Å². The molecule has 0 atom stereocenters. The van der Waals surface area contributed by atoms with Gasteiger partial charge in [0.2, 0.25) is 0 Å². The van der Waals surface area contributed by atoms with E-state index in [1.54, 1.807) is 4.90 Å². The number of rotatable bonds is 2. The van der Waals surface area contributed by atoms with Crippen LogP contribution >= 0.6 is 0 Å². The predicted octanol–water partition coefficient (Wildman–Crippen LogP) is 3.60. The molecule has 0 aliphatic carbocycles. The van der Waals surface area contributed by atoms with E-state index in [2.05, 4.69) is 9.88 Å². The summed E-state index contributed by atoms with van der Waals surface area (Å²) < 4.78 is 7.64. The number of likely N-dealkylation sites (tertiary alicyclic amines) is 1. The summed E-state index contributed by atoms with van der Waals surface area (Å²) in [4.78, 5) is 36.7. The molecule has 1 fully saturated rings. The molecule has 0 unspecified atom stereocenters. The number of piperidine rings is 1. The highest BCUT2D eigenvalue weighted by molar-refractivity contribution is 6.04. The molecule has 0 radical (unpaired) electrons. The number of imidazole rings is 1. The van der Waals surface area contributed by atoms with Crippen molar-refractivity contribution in [2.45, 2.75) is 84.4 Å². The number of fused-ring (bicyclic) bond motifs is 3. The lowest BCUT2D eigenvalue weighted by Crippen LogP contribution is -2.47. The number of carbonyl (C=O) groups excluding carboxylic acids is 2. The summed E-state index contributed by atoms with van der Waals surface area (Å²) in [5.41, 5.74) is 2.44. The summed E-state index contributed by atoms with van der Waals surface area (Å²) in [6.45, 7) is 9.58. The van der Waals surface area contributed by atoms with E-state index >= 15 is 0 Å². The Kier molecular flexibility index (Phi) is 5.90. The van der Waals surface area contributed by atoms with Gasteiger partial charge in [0.15, 0.2) is 5.65 Å². The highest BCUT2D eigenvalue weighted by Gasteiger charge is 2.28. The third kappa shape index (κ3) is 4.83. The van der Waals surface area contributed by atoms with E-state index in [-0.39, 0.29) is 18.0 Å². The van der Waals surface area contributed by atoms with Crippen LogP contribution in [0, 0.1) is 6.92 Å². The molecule has 2 aliphatic heterocycles. The van der Waals surface area contributed by atoms with Crippen LogP contribution in [0.1, 0.15) is 74.8 Å². The standard InChI is InChI=1S/C23H33N5O3/c1-15-14-17(19-20(24-15)28-11-7-5-6-8-18(28)26-19)21(29)25-16-9-12-27(13-10-16)22(30)31-23(2,3)4/h14,16H,5-13H2,1-4H3,(H,25,29). The van der Waals surface area contributed by atoms with Crippen molar-refractivity contribution < 1.29 is 14.3 Å². The number of amides is 2. The lowest BCUT2D eigenvalue weighted by atomic mass is 10.0. The molecule has 1 saturated heterocycles. The van der Waals surface area contributed by atoms with E-state index in [0.717, 1.165) is 43.0 Å². The monoisotopic (exact) mass is 427 g/mol. The first kappa shape index (κ1) is 21.6. The maximum Gasteiger partial charge on any atom is 0.410 e. The molecule has 2 aromatic rings. The van der Waals surface area contributed by atoms with Gasteiger partial charge in [-0.1, -0.05) is 6.42 Å². The maximum atomic E-state index is 13.2. The molecule has 4 heterocycles. The van der Waals surface area contributed by atoms with Gasteiger partial charge in [0.25, 0.3) is 5.91 Å². The fourth-order valence-electron chi connectivity index (χ4n) is 4.38. The Balaban J connectivity index is 1.45. The van der Waals surface area contributed by atoms with Crippen LogP contribution in [0.2, 0.25) is 0 Å². The fraction of sp³-hybridized carbons (Fsp3) is 0.652. The first-order valence-corrected chi connectivity index (χ1v) is 11.4. The second kappa shape index (κ2) is 8.48. The summed E-state index contributed by atoms with van der Waals surface area (Å²) in [5, 5.41) is 3.16. The number of ether oxygens (including phenoxy) is 1. The molecule has 0 saturated carbocycles. The third-order valence-electron chi connectivity index (χ3n) is 5.92. The summed E-state index contributed by atoms with van der Waals surface area (Å²) >= 11 is 0. The van der Waals surface area contributed by atoms with Gasteiger partial charge in [-0.05, 0) is 59.4 Å². The maximum absolute atomic E-state index is 13.2. The number of nitrogens with one attached hydrogen (secondary N) is 1. The molecule has 168 valence electrons.